The standard InChI is InChI=1S/C15H20N2O3S/c18-13(7-11-1-6-21-9-11)17-4-2-15(3-5-17)8-12(14(19)20)16-10-15/h1,6,9,12,16H,2-5,7-8,10H2,(H,19,20). The van der Waals surface area contributed by atoms with Crippen molar-refractivity contribution in [2.75, 3.05) is 19.6 Å². The van der Waals surface area contributed by atoms with Crippen molar-refractivity contribution in [2.24, 2.45) is 5.41 Å². The normalized spacial score (nSPS) is 24.4. The van der Waals surface area contributed by atoms with Crippen LogP contribution in [0, 0.1) is 5.41 Å². The number of nitrogens with one attached hydrogen (secondary N) is 1. The first-order valence-electron chi connectivity index (χ1n) is 7.33. The van der Waals surface area contributed by atoms with Crippen LogP contribution in [0.1, 0.15) is 24.8 Å². The molecule has 21 heavy (non-hydrogen) atoms. The average molecular weight is 308 g/mol. The number of carboxylic acid groups (broad SMARTS) is 1. The third-order valence-corrected chi connectivity index (χ3v) is 5.50. The Labute approximate surface area is 128 Å². The van der Waals surface area contributed by atoms with E-state index in [4.69, 9.17) is 5.11 Å². The molecule has 1 atom stereocenters. The van der Waals surface area contributed by atoms with Crippen molar-refractivity contribution in [1.29, 1.82) is 0 Å². The molecule has 2 aliphatic rings. The maximum Gasteiger partial charge on any atom is 0.320 e. The van der Waals surface area contributed by atoms with Crippen molar-refractivity contribution >= 4 is 23.2 Å². The number of nitrogens with zero attached hydrogens (tertiary/aromatic N) is 1. The van der Waals surface area contributed by atoms with Gasteiger partial charge < -0.3 is 15.3 Å². The Morgan fingerprint density at radius 3 is 2.76 bits per heavy atom. The number of rotatable bonds is 3. The first kappa shape index (κ1) is 14.5. The fraction of sp³-hybridized carbons (Fsp3) is 0.600. The molecule has 1 aromatic heterocycles. The maximum absolute atomic E-state index is 12.3. The summed E-state index contributed by atoms with van der Waals surface area (Å²) in [4.78, 5) is 25.2. The molecule has 2 aliphatic heterocycles. The van der Waals surface area contributed by atoms with E-state index in [0.29, 0.717) is 12.8 Å². The van der Waals surface area contributed by atoms with Gasteiger partial charge in [0.25, 0.3) is 0 Å². The summed E-state index contributed by atoms with van der Waals surface area (Å²) in [6.07, 6.45) is 2.97. The van der Waals surface area contributed by atoms with E-state index in [9.17, 15) is 9.59 Å². The summed E-state index contributed by atoms with van der Waals surface area (Å²) >= 11 is 1.61. The van der Waals surface area contributed by atoms with E-state index in [1.165, 1.54) is 0 Å². The van der Waals surface area contributed by atoms with Gasteiger partial charge in [-0.05, 0) is 47.1 Å². The molecule has 0 radical (unpaired) electrons. The van der Waals surface area contributed by atoms with E-state index in [0.717, 1.165) is 38.0 Å². The second-order valence-electron chi connectivity index (χ2n) is 6.17. The number of carboxylic acids is 1. The molecular weight excluding hydrogens is 288 g/mol. The zero-order chi connectivity index (χ0) is 14.9. The molecule has 114 valence electrons. The fourth-order valence-corrected chi connectivity index (χ4v) is 4.05. The van der Waals surface area contributed by atoms with Crippen molar-refractivity contribution in [3.8, 4) is 0 Å². The third-order valence-electron chi connectivity index (χ3n) is 4.77. The number of thiophene rings is 1. The van der Waals surface area contributed by atoms with Gasteiger partial charge in [0.2, 0.25) is 5.91 Å². The predicted octanol–water partition coefficient (Wildman–Crippen LogP) is 1.35. The lowest BCUT2D eigenvalue weighted by Crippen LogP contribution is -2.44. The molecule has 6 heteroatoms. The summed E-state index contributed by atoms with van der Waals surface area (Å²) in [5, 5.41) is 16.2. The van der Waals surface area contributed by atoms with Crippen LogP contribution in [0.4, 0.5) is 0 Å². The van der Waals surface area contributed by atoms with Gasteiger partial charge in [0.1, 0.15) is 6.04 Å². The van der Waals surface area contributed by atoms with E-state index in [1.54, 1.807) is 11.3 Å². The molecule has 1 amide bonds. The van der Waals surface area contributed by atoms with Gasteiger partial charge in [-0.3, -0.25) is 9.59 Å². The van der Waals surface area contributed by atoms with Crippen LogP contribution < -0.4 is 5.32 Å². The Kier molecular flexibility index (Phi) is 3.99. The van der Waals surface area contributed by atoms with E-state index >= 15 is 0 Å². The first-order valence-corrected chi connectivity index (χ1v) is 8.27. The van der Waals surface area contributed by atoms with E-state index < -0.39 is 12.0 Å². The third kappa shape index (κ3) is 3.11. The summed E-state index contributed by atoms with van der Waals surface area (Å²) in [7, 11) is 0. The van der Waals surface area contributed by atoms with E-state index in [2.05, 4.69) is 5.32 Å². The van der Waals surface area contributed by atoms with Crippen molar-refractivity contribution in [2.45, 2.75) is 31.7 Å². The van der Waals surface area contributed by atoms with Crippen LogP contribution in [0.15, 0.2) is 16.8 Å². The van der Waals surface area contributed by atoms with Gasteiger partial charge in [-0.15, -0.1) is 0 Å². The lowest BCUT2D eigenvalue weighted by molar-refractivity contribution is -0.139. The van der Waals surface area contributed by atoms with Crippen LogP contribution in [0.3, 0.4) is 0 Å². The summed E-state index contributed by atoms with van der Waals surface area (Å²) in [5.74, 6) is -0.577. The van der Waals surface area contributed by atoms with Gasteiger partial charge in [-0.25, -0.2) is 0 Å². The SMILES string of the molecule is O=C(O)C1CC2(CCN(C(=O)Cc3ccsc3)CC2)CN1. The predicted molar refractivity (Wildman–Crippen MR) is 80.3 cm³/mol. The minimum Gasteiger partial charge on any atom is -0.480 e. The van der Waals surface area contributed by atoms with Crippen LogP contribution in [0.5, 0.6) is 0 Å². The van der Waals surface area contributed by atoms with Gasteiger partial charge in [-0.2, -0.15) is 11.3 Å². The lowest BCUT2D eigenvalue weighted by Gasteiger charge is -2.39. The van der Waals surface area contributed by atoms with E-state index in [1.807, 2.05) is 21.7 Å². The second kappa shape index (κ2) is 5.77. The van der Waals surface area contributed by atoms with Gasteiger partial charge in [0.15, 0.2) is 0 Å². The van der Waals surface area contributed by atoms with Crippen LogP contribution in [-0.4, -0.2) is 47.6 Å². The molecule has 0 aromatic carbocycles. The number of likely N-dealkylation sites (tertiary alicyclic amines) is 1. The van der Waals surface area contributed by atoms with Crippen molar-refractivity contribution in [1.82, 2.24) is 10.2 Å². The number of hydrogen-bond acceptors (Lipinski definition) is 4. The summed E-state index contributed by atoms with van der Waals surface area (Å²) < 4.78 is 0. The van der Waals surface area contributed by atoms with Crippen LogP contribution in [-0.2, 0) is 16.0 Å². The van der Waals surface area contributed by atoms with Gasteiger partial charge in [0.05, 0.1) is 6.42 Å². The van der Waals surface area contributed by atoms with Crippen molar-refractivity contribution < 1.29 is 14.7 Å². The smallest absolute Gasteiger partial charge is 0.320 e. The molecule has 2 N–H and O–H groups in total. The second-order valence-corrected chi connectivity index (χ2v) is 6.95. The molecule has 5 nitrogen and oxygen atoms in total. The highest BCUT2D eigenvalue weighted by Gasteiger charge is 2.44. The molecule has 2 saturated heterocycles. The molecule has 1 aromatic rings. The zero-order valence-electron chi connectivity index (χ0n) is 11.9. The largest absolute Gasteiger partial charge is 0.480 e. The topological polar surface area (TPSA) is 69.6 Å². The molecule has 2 fully saturated rings. The highest BCUT2D eigenvalue weighted by atomic mass is 32.1. The Morgan fingerprint density at radius 1 is 1.43 bits per heavy atom. The molecule has 3 rings (SSSR count). The number of piperidine rings is 1. The Bertz CT molecular complexity index is 521. The highest BCUT2D eigenvalue weighted by Crippen LogP contribution is 2.39. The highest BCUT2D eigenvalue weighted by molar-refractivity contribution is 7.07. The van der Waals surface area contributed by atoms with Crippen LogP contribution in [0.25, 0.3) is 0 Å². The maximum atomic E-state index is 12.3. The van der Waals surface area contributed by atoms with Crippen molar-refractivity contribution in [3.63, 3.8) is 0 Å². The van der Waals surface area contributed by atoms with Crippen molar-refractivity contribution in [3.05, 3.63) is 22.4 Å². The summed E-state index contributed by atoms with van der Waals surface area (Å²) in [5.41, 5.74) is 1.15. The first-order chi connectivity index (χ1) is 10.1. The van der Waals surface area contributed by atoms with Crippen LogP contribution >= 0.6 is 11.3 Å². The van der Waals surface area contributed by atoms with Gasteiger partial charge >= 0.3 is 5.97 Å². The minimum absolute atomic E-state index is 0.0716. The molecule has 1 spiro atoms. The Balaban J connectivity index is 1.53. The number of hydrogen-bond donors (Lipinski definition) is 2. The Hall–Kier alpha value is -1.40. The molecule has 1 unspecified atom stereocenters. The average Bonchev–Trinajstić information content (AvgIpc) is 3.10. The minimum atomic E-state index is -0.761. The summed E-state index contributed by atoms with van der Waals surface area (Å²) in [6, 6.07) is 1.57. The lowest BCUT2D eigenvalue weighted by atomic mass is 9.76. The molecule has 0 saturated carbocycles. The number of carbonyl (C=O) groups is 2. The number of amides is 1. The molecule has 0 aliphatic carbocycles. The zero-order valence-corrected chi connectivity index (χ0v) is 12.7. The quantitative estimate of drug-likeness (QED) is 0.884. The fourth-order valence-electron chi connectivity index (χ4n) is 3.38. The molecule has 3 heterocycles. The number of carbonyl (C=O) groups excluding carboxylic acids is 1. The van der Waals surface area contributed by atoms with Gasteiger partial charge in [-0.1, -0.05) is 0 Å². The van der Waals surface area contributed by atoms with Gasteiger partial charge in [0, 0.05) is 19.6 Å². The Morgan fingerprint density at radius 2 is 2.19 bits per heavy atom. The monoisotopic (exact) mass is 308 g/mol. The van der Waals surface area contributed by atoms with E-state index in [-0.39, 0.29) is 11.3 Å². The summed E-state index contributed by atoms with van der Waals surface area (Å²) in [6.45, 7) is 2.25. The molecule has 0 bridgehead atoms. The van der Waals surface area contributed by atoms with Crippen LogP contribution in [0.2, 0.25) is 0 Å². The number of aliphatic carboxylic acids is 1. The molecular formula is C15H20N2O3S.